The van der Waals surface area contributed by atoms with E-state index in [1.54, 1.807) is 6.33 Å². The van der Waals surface area contributed by atoms with E-state index in [4.69, 9.17) is 0 Å². The summed E-state index contributed by atoms with van der Waals surface area (Å²) in [5.41, 5.74) is 1.05. The van der Waals surface area contributed by atoms with Crippen LogP contribution in [0.5, 0.6) is 0 Å². The van der Waals surface area contributed by atoms with Crippen LogP contribution in [0.1, 0.15) is 0 Å². The maximum atomic E-state index is 4.04. The number of nitrogens with one attached hydrogen (secondary N) is 2. The first-order chi connectivity index (χ1) is 5.95. The lowest BCUT2D eigenvalue weighted by Gasteiger charge is -2.00. The molecule has 0 aliphatic rings. The molecule has 0 unspecified atom stereocenters. The maximum Gasteiger partial charge on any atom is 0.148 e. The van der Waals surface area contributed by atoms with Gasteiger partial charge in [-0.25, -0.2) is 4.98 Å². The van der Waals surface area contributed by atoms with Gasteiger partial charge in [0.25, 0.3) is 0 Å². The Labute approximate surface area is 70.5 Å². The Hall–Kier alpha value is -1.77. The van der Waals surface area contributed by atoms with Crippen molar-refractivity contribution in [2.24, 2.45) is 0 Å². The molecule has 0 bridgehead atoms. The van der Waals surface area contributed by atoms with Crippen LogP contribution < -0.4 is 5.32 Å². The topological polar surface area (TPSA) is 40.7 Å². The molecule has 60 valence electrons. The van der Waals surface area contributed by atoms with Crippen LogP contribution >= 0.6 is 0 Å². The Morgan fingerprint density at radius 3 is 2.67 bits per heavy atom. The Balaban J connectivity index is 2.15. The van der Waals surface area contributed by atoms with Crippen molar-refractivity contribution in [1.29, 1.82) is 0 Å². The Bertz CT molecular complexity index is 326. The van der Waals surface area contributed by atoms with Crippen LogP contribution in [0, 0.1) is 0 Å². The highest BCUT2D eigenvalue weighted by atomic mass is 15.0. The summed E-state index contributed by atoms with van der Waals surface area (Å²) in [5, 5.41) is 3.14. The van der Waals surface area contributed by atoms with Gasteiger partial charge in [-0.15, -0.1) is 0 Å². The van der Waals surface area contributed by atoms with Gasteiger partial charge in [-0.3, -0.25) is 0 Å². The molecule has 12 heavy (non-hydrogen) atoms. The minimum atomic E-state index is 0.834. The third-order valence-electron chi connectivity index (χ3n) is 1.54. The van der Waals surface area contributed by atoms with Crippen LogP contribution in [0.4, 0.5) is 11.5 Å². The Morgan fingerprint density at radius 2 is 2.00 bits per heavy atom. The normalized spacial score (nSPS) is 9.67. The average molecular weight is 159 g/mol. The lowest BCUT2D eigenvalue weighted by molar-refractivity contribution is 1.31. The van der Waals surface area contributed by atoms with E-state index in [9.17, 15) is 0 Å². The van der Waals surface area contributed by atoms with Gasteiger partial charge in [0.1, 0.15) is 5.82 Å². The van der Waals surface area contributed by atoms with Gasteiger partial charge in [0.05, 0.1) is 6.33 Å². The molecule has 0 saturated carbocycles. The molecule has 2 aromatic rings. The predicted octanol–water partition coefficient (Wildman–Crippen LogP) is 2.15. The number of rotatable bonds is 2. The van der Waals surface area contributed by atoms with Crippen LogP contribution in [-0.4, -0.2) is 9.97 Å². The van der Waals surface area contributed by atoms with E-state index in [-0.39, 0.29) is 0 Å². The van der Waals surface area contributed by atoms with Gasteiger partial charge in [0, 0.05) is 11.9 Å². The van der Waals surface area contributed by atoms with E-state index in [1.807, 2.05) is 36.5 Å². The molecule has 0 spiro atoms. The summed E-state index contributed by atoms with van der Waals surface area (Å²) >= 11 is 0. The number of aromatic nitrogens is 2. The molecule has 1 heterocycles. The van der Waals surface area contributed by atoms with E-state index in [2.05, 4.69) is 15.3 Å². The first kappa shape index (κ1) is 6.91. The Kier molecular flexibility index (Phi) is 1.78. The molecule has 1 aromatic heterocycles. The second kappa shape index (κ2) is 3.09. The predicted molar refractivity (Wildman–Crippen MR) is 48.3 cm³/mol. The molecule has 3 nitrogen and oxygen atoms in total. The summed E-state index contributed by atoms with van der Waals surface area (Å²) in [6, 6.07) is 9.93. The molecule has 0 saturated heterocycles. The summed E-state index contributed by atoms with van der Waals surface area (Å²) in [7, 11) is 0. The molecular formula is C9H9N3. The quantitative estimate of drug-likeness (QED) is 0.704. The summed E-state index contributed by atoms with van der Waals surface area (Å²) in [6.07, 6.45) is 3.46. The zero-order chi connectivity index (χ0) is 8.23. The van der Waals surface area contributed by atoms with Crippen LogP contribution in [0.15, 0.2) is 42.9 Å². The van der Waals surface area contributed by atoms with Crippen LogP contribution in [0.3, 0.4) is 0 Å². The molecule has 0 amide bonds. The van der Waals surface area contributed by atoms with Gasteiger partial charge in [0.2, 0.25) is 0 Å². The molecule has 3 heteroatoms. The smallest absolute Gasteiger partial charge is 0.148 e. The molecule has 0 fully saturated rings. The van der Waals surface area contributed by atoms with Gasteiger partial charge in [-0.2, -0.15) is 0 Å². The van der Waals surface area contributed by atoms with Gasteiger partial charge >= 0.3 is 0 Å². The monoisotopic (exact) mass is 159 g/mol. The number of benzene rings is 1. The number of H-pyrrole nitrogens is 1. The number of aromatic amines is 1. The number of anilines is 2. The van der Waals surface area contributed by atoms with Crippen LogP contribution in [0.25, 0.3) is 0 Å². The highest BCUT2D eigenvalue weighted by Gasteiger charge is 1.92. The summed E-state index contributed by atoms with van der Waals surface area (Å²) in [4.78, 5) is 6.92. The fourth-order valence-electron chi connectivity index (χ4n) is 0.998. The van der Waals surface area contributed by atoms with Crippen LogP contribution in [0.2, 0.25) is 0 Å². The standard InChI is InChI=1S/C9H9N3/c1-2-4-8(5-3-1)12-9-6-10-7-11-9/h1-7,12H,(H,10,11). The third-order valence-corrected chi connectivity index (χ3v) is 1.54. The SMILES string of the molecule is c1ccc(Nc2c[nH]cn2)cc1. The number of nitrogens with zero attached hydrogens (tertiary/aromatic N) is 1. The van der Waals surface area contributed by atoms with Crippen LogP contribution in [-0.2, 0) is 0 Å². The number of hydrogen-bond acceptors (Lipinski definition) is 2. The van der Waals surface area contributed by atoms with Crippen molar-refractivity contribution >= 4 is 11.5 Å². The summed E-state index contributed by atoms with van der Waals surface area (Å²) in [6.45, 7) is 0. The molecule has 2 rings (SSSR count). The number of imidazole rings is 1. The lowest BCUT2D eigenvalue weighted by Crippen LogP contribution is -1.88. The minimum absolute atomic E-state index is 0.834. The van der Waals surface area contributed by atoms with Gasteiger partial charge in [-0.1, -0.05) is 18.2 Å². The fourth-order valence-corrected chi connectivity index (χ4v) is 0.998. The van der Waals surface area contributed by atoms with Crippen molar-refractivity contribution in [3.63, 3.8) is 0 Å². The molecule has 0 aliphatic heterocycles. The third kappa shape index (κ3) is 1.45. The zero-order valence-corrected chi connectivity index (χ0v) is 6.49. The zero-order valence-electron chi connectivity index (χ0n) is 6.49. The molecule has 0 atom stereocenters. The minimum Gasteiger partial charge on any atom is -0.349 e. The molecule has 0 radical (unpaired) electrons. The molecular weight excluding hydrogens is 150 g/mol. The van der Waals surface area contributed by atoms with Crippen molar-refractivity contribution in [1.82, 2.24) is 9.97 Å². The van der Waals surface area contributed by atoms with E-state index < -0.39 is 0 Å². The van der Waals surface area contributed by atoms with E-state index in [0.29, 0.717) is 0 Å². The fraction of sp³-hybridized carbons (Fsp3) is 0. The van der Waals surface area contributed by atoms with Gasteiger partial charge in [-0.05, 0) is 12.1 Å². The lowest BCUT2D eigenvalue weighted by atomic mass is 10.3. The first-order valence-electron chi connectivity index (χ1n) is 3.76. The van der Waals surface area contributed by atoms with Gasteiger partial charge in [0.15, 0.2) is 0 Å². The second-order valence-corrected chi connectivity index (χ2v) is 2.45. The average Bonchev–Trinajstić information content (AvgIpc) is 2.59. The van der Waals surface area contributed by atoms with Crippen molar-refractivity contribution < 1.29 is 0 Å². The summed E-state index contributed by atoms with van der Waals surface area (Å²) < 4.78 is 0. The van der Waals surface area contributed by atoms with Gasteiger partial charge < -0.3 is 10.3 Å². The largest absolute Gasteiger partial charge is 0.349 e. The van der Waals surface area contributed by atoms with Crippen molar-refractivity contribution in [3.05, 3.63) is 42.9 Å². The molecule has 2 N–H and O–H groups in total. The molecule has 0 aliphatic carbocycles. The first-order valence-corrected chi connectivity index (χ1v) is 3.76. The maximum absolute atomic E-state index is 4.04. The Morgan fingerprint density at radius 1 is 1.17 bits per heavy atom. The highest BCUT2D eigenvalue weighted by Crippen LogP contribution is 2.11. The van der Waals surface area contributed by atoms with Crippen molar-refractivity contribution in [2.75, 3.05) is 5.32 Å². The summed E-state index contributed by atoms with van der Waals surface area (Å²) in [5.74, 6) is 0.834. The van der Waals surface area contributed by atoms with Crippen molar-refractivity contribution in [3.8, 4) is 0 Å². The molecule has 1 aromatic carbocycles. The highest BCUT2D eigenvalue weighted by molar-refractivity contribution is 5.54. The number of para-hydroxylation sites is 1. The number of hydrogen-bond donors (Lipinski definition) is 2. The van der Waals surface area contributed by atoms with E-state index in [0.717, 1.165) is 11.5 Å². The van der Waals surface area contributed by atoms with E-state index in [1.165, 1.54) is 0 Å². The second-order valence-electron chi connectivity index (χ2n) is 2.45. The van der Waals surface area contributed by atoms with E-state index >= 15 is 0 Å². The van der Waals surface area contributed by atoms with Crippen molar-refractivity contribution in [2.45, 2.75) is 0 Å².